The van der Waals surface area contributed by atoms with Gasteiger partial charge in [-0.2, -0.15) is 0 Å². The van der Waals surface area contributed by atoms with Crippen LogP contribution in [-0.4, -0.2) is 6.04 Å². The zero-order chi connectivity index (χ0) is 18.5. The van der Waals surface area contributed by atoms with Crippen LogP contribution in [0.4, 0.5) is 11.4 Å². The summed E-state index contributed by atoms with van der Waals surface area (Å²) in [5, 5.41) is 1.18. The van der Waals surface area contributed by atoms with Crippen molar-refractivity contribution in [3.8, 4) is 11.1 Å². The molecule has 28 heavy (non-hydrogen) atoms. The van der Waals surface area contributed by atoms with Gasteiger partial charge in [-0.05, 0) is 41.0 Å². The summed E-state index contributed by atoms with van der Waals surface area (Å²) in [5.41, 5.74) is 7.27. The van der Waals surface area contributed by atoms with E-state index in [4.69, 9.17) is 4.42 Å². The minimum atomic E-state index is 0.295. The molecule has 0 bridgehead atoms. The first kappa shape index (κ1) is 15.5. The second-order valence-corrected chi connectivity index (χ2v) is 7.40. The predicted molar refractivity (Wildman–Crippen MR) is 115 cm³/mol. The lowest BCUT2D eigenvalue weighted by Gasteiger charge is -2.29. The molecule has 2 heterocycles. The lowest BCUT2D eigenvalue weighted by Crippen LogP contribution is -2.28. The Morgan fingerprint density at radius 3 is 2.36 bits per heavy atom. The SMILES string of the molecule is C1=CC2c3ccc4occc4c3N(c3ccc(-c4ccccc4)cc3)C2C=C1. The zero-order valence-electron chi connectivity index (χ0n) is 15.3. The van der Waals surface area contributed by atoms with E-state index in [1.807, 2.05) is 0 Å². The first-order chi connectivity index (χ1) is 13.9. The number of hydrogen-bond donors (Lipinski definition) is 0. The van der Waals surface area contributed by atoms with E-state index in [9.17, 15) is 0 Å². The van der Waals surface area contributed by atoms with Crippen LogP contribution in [0.3, 0.4) is 0 Å². The number of benzene rings is 3. The molecule has 2 unspecified atom stereocenters. The molecule has 0 saturated heterocycles. The van der Waals surface area contributed by atoms with Crippen molar-refractivity contribution in [2.24, 2.45) is 0 Å². The van der Waals surface area contributed by atoms with Gasteiger partial charge in [0.2, 0.25) is 0 Å². The largest absolute Gasteiger partial charge is 0.464 e. The topological polar surface area (TPSA) is 16.4 Å². The molecule has 0 radical (unpaired) electrons. The van der Waals surface area contributed by atoms with E-state index >= 15 is 0 Å². The summed E-state index contributed by atoms with van der Waals surface area (Å²) < 4.78 is 5.70. The quantitative estimate of drug-likeness (QED) is 0.389. The van der Waals surface area contributed by atoms with Gasteiger partial charge >= 0.3 is 0 Å². The summed E-state index contributed by atoms with van der Waals surface area (Å²) in [6.45, 7) is 0. The van der Waals surface area contributed by atoms with Crippen molar-refractivity contribution in [3.05, 3.63) is 109 Å². The van der Waals surface area contributed by atoms with Crippen molar-refractivity contribution in [1.82, 2.24) is 0 Å². The molecule has 0 amide bonds. The van der Waals surface area contributed by atoms with Crippen LogP contribution in [0.25, 0.3) is 22.1 Å². The van der Waals surface area contributed by atoms with Crippen LogP contribution < -0.4 is 4.90 Å². The molecule has 4 aromatic rings. The fraction of sp³-hybridized carbons (Fsp3) is 0.0769. The number of anilines is 2. The standard InChI is InChI=1S/C26H19NO/c1-2-6-18(7-3-1)19-10-12-20(13-11-19)27-24-9-5-4-8-21(24)22-14-15-25-23(26(22)27)16-17-28-25/h1-17,21,24H. The third-order valence-electron chi connectivity index (χ3n) is 5.89. The van der Waals surface area contributed by atoms with Crippen LogP contribution in [0, 0.1) is 0 Å². The van der Waals surface area contributed by atoms with Crippen molar-refractivity contribution in [1.29, 1.82) is 0 Å². The Bertz CT molecular complexity index is 1210. The van der Waals surface area contributed by atoms with Gasteiger partial charge < -0.3 is 9.32 Å². The van der Waals surface area contributed by atoms with E-state index in [-0.39, 0.29) is 0 Å². The lowest BCUT2D eigenvalue weighted by molar-refractivity contribution is 0.616. The molecule has 1 aliphatic carbocycles. The first-order valence-electron chi connectivity index (χ1n) is 9.70. The van der Waals surface area contributed by atoms with Gasteiger partial charge in [0.25, 0.3) is 0 Å². The van der Waals surface area contributed by atoms with Gasteiger partial charge in [-0.25, -0.2) is 0 Å². The van der Waals surface area contributed by atoms with Crippen LogP contribution in [-0.2, 0) is 0 Å². The molecule has 3 aromatic carbocycles. The summed E-state index contributed by atoms with van der Waals surface area (Å²) in [4.78, 5) is 2.46. The average Bonchev–Trinajstić information content (AvgIpc) is 3.37. The van der Waals surface area contributed by atoms with Crippen molar-refractivity contribution >= 4 is 22.3 Å². The van der Waals surface area contributed by atoms with Gasteiger partial charge in [0, 0.05) is 17.0 Å². The molecule has 2 heteroatoms. The summed E-state index contributed by atoms with van der Waals surface area (Å²) in [7, 11) is 0. The van der Waals surface area contributed by atoms with Gasteiger partial charge in [0.05, 0.1) is 18.0 Å². The molecular formula is C26H19NO. The highest BCUT2D eigenvalue weighted by molar-refractivity contribution is 5.98. The van der Waals surface area contributed by atoms with E-state index in [2.05, 4.69) is 102 Å². The van der Waals surface area contributed by atoms with E-state index in [1.165, 1.54) is 33.5 Å². The normalized spacial score (nSPS) is 19.8. The van der Waals surface area contributed by atoms with Crippen LogP contribution in [0.1, 0.15) is 11.5 Å². The summed E-state index contributed by atoms with van der Waals surface area (Å²) in [6, 6.07) is 26.1. The Morgan fingerprint density at radius 2 is 1.50 bits per heavy atom. The maximum absolute atomic E-state index is 5.70. The summed E-state index contributed by atoms with van der Waals surface area (Å²) in [6.07, 6.45) is 10.7. The van der Waals surface area contributed by atoms with Gasteiger partial charge in [-0.15, -0.1) is 0 Å². The second-order valence-electron chi connectivity index (χ2n) is 7.40. The highest BCUT2D eigenvalue weighted by Gasteiger charge is 2.38. The molecule has 1 aliphatic heterocycles. The summed E-state index contributed by atoms with van der Waals surface area (Å²) >= 11 is 0. The second kappa shape index (κ2) is 6.00. The molecule has 0 spiro atoms. The molecule has 2 atom stereocenters. The van der Waals surface area contributed by atoms with E-state index < -0.39 is 0 Å². The Labute approximate surface area is 164 Å². The van der Waals surface area contributed by atoms with Crippen LogP contribution in [0.15, 0.2) is 108 Å². The average molecular weight is 361 g/mol. The van der Waals surface area contributed by atoms with Crippen molar-refractivity contribution in [2.45, 2.75) is 12.0 Å². The van der Waals surface area contributed by atoms with E-state index in [1.54, 1.807) is 6.26 Å². The number of hydrogen-bond acceptors (Lipinski definition) is 2. The first-order valence-corrected chi connectivity index (χ1v) is 9.70. The highest BCUT2D eigenvalue weighted by atomic mass is 16.3. The van der Waals surface area contributed by atoms with Crippen molar-refractivity contribution in [3.63, 3.8) is 0 Å². The molecule has 1 aromatic heterocycles. The Morgan fingerprint density at radius 1 is 0.714 bits per heavy atom. The monoisotopic (exact) mass is 361 g/mol. The number of fused-ring (bicyclic) bond motifs is 5. The van der Waals surface area contributed by atoms with Gasteiger partial charge in [0.1, 0.15) is 5.58 Å². The maximum atomic E-state index is 5.70. The smallest absolute Gasteiger partial charge is 0.135 e. The van der Waals surface area contributed by atoms with Crippen LogP contribution in [0.5, 0.6) is 0 Å². The highest BCUT2D eigenvalue weighted by Crippen LogP contribution is 2.50. The van der Waals surface area contributed by atoms with Crippen molar-refractivity contribution in [2.75, 3.05) is 4.90 Å². The minimum Gasteiger partial charge on any atom is -0.464 e. The van der Waals surface area contributed by atoms with Gasteiger partial charge in [0.15, 0.2) is 0 Å². The summed E-state index contributed by atoms with van der Waals surface area (Å²) in [5.74, 6) is 0.369. The van der Waals surface area contributed by atoms with Gasteiger partial charge in [-0.1, -0.05) is 72.8 Å². The number of rotatable bonds is 2. The van der Waals surface area contributed by atoms with Crippen LogP contribution >= 0.6 is 0 Å². The zero-order valence-corrected chi connectivity index (χ0v) is 15.3. The van der Waals surface area contributed by atoms with E-state index in [0.29, 0.717) is 12.0 Å². The lowest BCUT2D eigenvalue weighted by atomic mass is 9.91. The fourth-order valence-corrected chi connectivity index (χ4v) is 4.61. The number of allylic oxidation sites excluding steroid dienone is 2. The Kier molecular flexibility index (Phi) is 3.33. The third-order valence-corrected chi connectivity index (χ3v) is 5.89. The molecule has 6 rings (SSSR count). The molecule has 134 valence electrons. The van der Waals surface area contributed by atoms with Crippen molar-refractivity contribution < 1.29 is 4.42 Å². The number of furan rings is 1. The molecular weight excluding hydrogens is 342 g/mol. The van der Waals surface area contributed by atoms with Crippen LogP contribution in [0.2, 0.25) is 0 Å². The van der Waals surface area contributed by atoms with Gasteiger partial charge in [-0.3, -0.25) is 0 Å². The Hall–Kier alpha value is -3.52. The molecule has 2 aliphatic rings. The fourth-order valence-electron chi connectivity index (χ4n) is 4.61. The third kappa shape index (κ3) is 2.21. The maximum Gasteiger partial charge on any atom is 0.135 e. The Balaban J connectivity index is 1.51. The molecule has 0 saturated carbocycles. The molecule has 0 N–H and O–H groups in total. The molecule has 2 nitrogen and oxygen atoms in total. The van der Waals surface area contributed by atoms with E-state index in [0.717, 1.165) is 5.58 Å². The molecule has 0 fully saturated rings. The number of nitrogens with zero attached hydrogens (tertiary/aromatic N) is 1. The predicted octanol–water partition coefficient (Wildman–Crippen LogP) is 6.83. The minimum absolute atomic E-state index is 0.295.